The van der Waals surface area contributed by atoms with Crippen LogP contribution in [0.25, 0.3) is 11.0 Å². The summed E-state index contributed by atoms with van der Waals surface area (Å²) in [5, 5.41) is 3.07. The van der Waals surface area contributed by atoms with E-state index in [9.17, 15) is 14.4 Å². The molecule has 0 unspecified atom stereocenters. The highest BCUT2D eigenvalue weighted by Gasteiger charge is 2.28. The van der Waals surface area contributed by atoms with Crippen LogP contribution in [0.5, 0.6) is 11.5 Å². The first-order chi connectivity index (χ1) is 14.5. The Kier molecular flexibility index (Phi) is 4.50. The summed E-state index contributed by atoms with van der Waals surface area (Å²) >= 11 is 1.47. The van der Waals surface area contributed by atoms with Crippen LogP contribution in [-0.4, -0.2) is 39.9 Å². The second-order valence-corrected chi connectivity index (χ2v) is 7.95. The van der Waals surface area contributed by atoms with Gasteiger partial charge in [0.2, 0.25) is 0 Å². The van der Waals surface area contributed by atoms with E-state index >= 15 is 0 Å². The van der Waals surface area contributed by atoms with Crippen LogP contribution in [0.4, 0.5) is 5.69 Å². The number of ether oxygens (including phenoxy) is 2. The average molecular weight is 426 g/mol. The lowest BCUT2D eigenvalue weighted by molar-refractivity contribution is 0.102. The number of aromatic nitrogens is 3. The van der Waals surface area contributed by atoms with E-state index in [1.807, 2.05) is 12.3 Å². The van der Waals surface area contributed by atoms with Crippen molar-refractivity contribution in [3.63, 3.8) is 0 Å². The number of hydrogen-bond donors (Lipinski definition) is 2. The first kappa shape index (κ1) is 18.7. The standard InChI is InChI=1S/C20H18N4O5S/c1-30-16-8-15-14(28-4-5-29-15)7-13(16)22-18(25)10-6-12-17(21-9-10)24(11-2-3-11)20(27)23-19(12)26/h6-9,11H,2-5H2,1H3,(H,22,25)(H,23,26,27). The Morgan fingerprint density at radius 2 is 1.93 bits per heavy atom. The molecule has 1 aromatic carbocycles. The predicted octanol–water partition coefficient (Wildman–Crippen LogP) is 2.17. The highest BCUT2D eigenvalue weighted by atomic mass is 32.2. The van der Waals surface area contributed by atoms with Crippen LogP contribution >= 0.6 is 11.8 Å². The van der Waals surface area contributed by atoms with Crippen LogP contribution in [0.3, 0.4) is 0 Å². The molecule has 0 spiro atoms. The van der Waals surface area contributed by atoms with Gasteiger partial charge in [0.25, 0.3) is 11.5 Å². The van der Waals surface area contributed by atoms with E-state index in [2.05, 4.69) is 15.3 Å². The molecule has 3 aromatic rings. The lowest BCUT2D eigenvalue weighted by Crippen LogP contribution is -2.30. The predicted molar refractivity (Wildman–Crippen MR) is 112 cm³/mol. The van der Waals surface area contributed by atoms with Crippen molar-refractivity contribution < 1.29 is 14.3 Å². The number of rotatable bonds is 4. The second kappa shape index (κ2) is 7.21. The zero-order valence-electron chi connectivity index (χ0n) is 16.1. The number of benzene rings is 1. The molecule has 1 amide bonds. The molecule has 2 aromatic heterocycles. The molecular formula is C20H18N4O5S. The van der Waals surface area contributed by atoms with Gasteiger partial charge in [0.05, 0.1) is 16.6 Å². The highest BCUT2D eigenvalue weighted by molar-refractivity contribution is 7.98. The molecule has 2 N–H and O–H groups in total. The maximum atomic E-state index is 12.9. The zero-order valence-corrected chi connectivity index (χ0v) is 16.9. The summed E-state index contributed by atoms with van der Waals surface area (Å²) in [6.07, 6.45) is 5.01. The molecule has 10 heteroatoms. The lowest BCUT2D eigenvalue weighted by Gasteiger charge is -2.21. The fourth-order valence-corrected chi connectivity index (χ4v) is 4.02. The Bertz CT molecular complexity index is 1290. The number of nitrogens with one attached hydrogen (secondary N) is 2. The molecular weight excluding hydrogens is 408 g/mol. The summed E-state index contributed by atoms with van der Waals surface area (Å²) in [6.45, 7) is 0.925. The minimum absolute atomic E-state index is 0.0471. The van der Waals surface area contributed by atoms with Gasteiger partial charge in [-0.15, -0.1) is 11.8 Å². The first-order valence-electron chi connectivity index (χ1n) is 9.48. The third kappa shape index (κ3) is 3.22. The topological polar surface area (TPSA) is 115 Å². The summed E-state index contributed by atoms with van der Waals surface area (Å²) in [6, 6.07) is 5.06. The third-order valence-corrected chi connectivity index (χ3v) is 5.84. The molecule has 0 atom stereocenters. The summed E-state index contributed by atoms with van der Waals surface area (Å²) in [7, 11) is 0. The number of aromatic amines is 1. The average Bonchev–Trinajstić information content (AvgIpc) is 3.58. The number of carbonyl (C=O) groups excluding carboxylic acids is 1. The van der Waals surface area contributed by atoms with Crippen LogP contribution in [0.2, 0.25) is 0 Å². The van der Waals surface area contributed by atoms with Crippen molar-refractivity contribution in [1.29, 1.82) is 0 Å². The molecule has 2 aliphatic rings. The minimum atomic E-state index is -0.557. The van der Waals surface area contributed by atoms with E-state index in [-0.39, 0.29) is 17.0 Å². The first-order valence-corrected chi connectivity index (χ1v) is 10.7. The lowest BCUT2D eigenvalue weighted by atomic mass is 10.2. The molecule has 3 heterocycles. The molecule has 30 heavy (non-hydrogen) atoms. The minimum Gasteiger partial charge on any atom is -0.486 e. The van der Waals surface area contributed by atoms with Gasteiger partial charge >= 0.3 is 5.69 Å². The smallest absolute Gasteiger partial charge is 0.330 e. The van der Waals surface area contributed by atoms with E-state index < -0.39 is 17.2 Å². The molecule has 1 saturated carbocycles. The van der Waals surface area contributed by atoms with Gasteiger partial charge in [-0.1, -0.05) is 0 Å². The molecule has 154 valence electrons. The van der Waals surface area contributed by atoms with Gasteiger partial charge in [0.15, 0.2) is 11.5 Å². The van der Waals surface area contributed by atoms with Crippen LogP contribution in [0, 0.1) is 0 Å². The third-order valence-electron chi connectivity index (χ3n) is 5.07. The molecule has 0 bridgehead atoms. The summed E-state index contributed by atoms with van der Waals surface area (Å²) in [4.78, 5) is 44.8. The Morgan fingerprint density at radius 3 is 2.63 bits per heavy atom. The van der Waals surface area contributed by atoms with Crippen molar-refractivity contribution in [2.75, 3.05) is 24.8 Å². The number of pyridine rings is 1. The summed E-state index contributed by atoms with van der Waals surface area (Å²) in [5.41, 5.74) is 0.0651. The largest absolute Gasteiger partial charge is 0.486 e. The number of thioether (sulfide) groups is 1. The van der Waals surface area contributed by atoms with Gasteiger partial charge in [-0.25, -0.2) is 9.78 Å². The molecule has 0 saturated heterocycles. The van der Waals surface area contributed by atoms with Gasteiger partial charge in [-0.2, -0.15) is 0 Å². The van der Waals surface area contributed by atoms with Crippen molar-refractivity contribution in [3.05, 3.63) is 50.8 Å². The Morgan fingerprint density at radius 1 is 1.20 bits per heavy atom. The zero-order chi connectivity index (χ0) is 20.8. The second-order valence-electron chi connectivity index (χ2n) is 7.11. The van der Waals surface area contributed by atoms with Gasteiger partial charge in [-0.05, 0) is 31.2 Å². The van der Waals surface area contributed by atoms with Crippen molar-refractivity contribution in [3.8, 4) is 11.5 Å². The number of carbonyl (C=O) groups is 1. The summed E-state index contributed by atoms with van der Waals surface area (Å²) in [5.74, 6) is 0.788. The Hall–Kier alpha value is -3.27. The normalized spacial score (nSPS) is 15.2. The van der Waals surface area contributed by atoms with Crippen molar-refractivity contribution in [2.45, 2.75) is 23.8 Å². The van der Waals surface area contributed by atoms with Crippen molar-refractivity contribution in [2.24, 2.45) is 0 Å². The van der Waals surface area contributed by atoms with Gasteiger partial charge in [0.1, 0.15) is 18.9 Å². The van der Waals surface area contributed by atoms with E-state index in [1.54, 1.807) is 6.07 Å². The van der Waals surface area contributed by atoms with Crippen molar-refractivity contribution >= 4 is 34.4 Å². The maximum absolute atomic E-state index is 12.9. The molecule has 0 radical (unpaired) electrons. The SMILES string of the molecule is CSc1cc2c(cc1NC(=O)c1cnc3c(c1)c(=O)[nH]c(=O)n3C1CC1)OCCO2. The number of nitrogens with zero attached hydrogens (tertiary/aromatic N) is 2. The molecule has 5 rings (SSSR count). The van der Waals surface area contributed by atoms with Gasteiger partial charge in [0, 0.05) is 23.2 Å². The van der Waals surface area contributed by atoms with E-state index in [4.69, 9.17) is 9.47 Å². The van der Waals surface area contributed by atoms with Crippen LogP contribution < -0.4 is 26.0 Å². The quantitative estimate of drug-likeness (QED) is 0.614. The van der Waals surface area contributed by atoms with Gasteiger partial charge in [-0.3, -0.25) is 19.1 Å². The number of fused-ring (bicyclic) bond motifs is 2. The Labute approximate surface area is 174 Å². The number of hydrogen-bond acceptors (Lipinski definition) is 7. The maximum Gasteiger partial charge on any atom is 0.330 e. The fraction of sp³-hybridized carbons (Fsp3) is 0.300. The van der Waals surface area contributed by atoms with Crippen LogP contribution in [0.1, 0.15) is 29.2 Å². The number of anilines is 1. The number of H-pyrrole nitrogens is 1. The molecule has 1 fully saturated rings. The van der Waals surface area contributed by atoms with E-state index in [1.165, 1.54) is 28.6 Å². The highest BCUT2D eigenvalue weighted by Crippen LogP contribution is 2.39. The Balaban J connectivity index is 1.51. The van der Waals surface area contributed by atoms with Crippen molar-refractivity contribution in [1.82, 2.24) is 14.5 Å². The molecule has 9 nitrogen and oxygen atoms in total. The molecule has 1 aliphatic heterocycles. The van der Waals surface area contributed by atoms with E-state index in [0.29, 0.717) is 36.0 Å². The molecule has 1 aliphatic carbocycles. The van der Waals surface area contributed by atoms with Crippen LogP contribution in [0.15, 0.2) is 38.9 Å². The van der Waals surface area contributed by atoms with Crippen LogP contribution in [-0.2, 0) is 0 Å². The monoisotopic (exact) mass is 426 g/mol. The van der Waals surface area contributed by atoms with Gasteiger partial charge < -0.3 is 14.8 Å². The fourth-order valence-electron chi connectivity index (χ4n) is 3.46. The summed E-state index contributed by atoms with van der Waals surface area (Å²) < 4.78 is 12.7. The van der Waals surface area contributed by atoms with E-state index in [0.717, 1.165) is 17.7 Å². The number of amides is 1.